The molecule has 6 nitrogen and oxygen atoms in total. The number of carbonyl (C=O) groups excluding carboxylic acids is 3. The minimum absolute atomic E-state index is 0.137. The Labute approximate surface area is 176 Å². The van der Waals surface area contributed by atoms with Gasteiger partial charge in [0.2, 0.25) is 0 Å². The summed E-state index contributed by atoms with van der Waals surface area (Å²) >= 11 is 0. The number of amides is 1. The van der Waals surface area contributed by atoms with Crippen LogP contribution in [0.5, 0.6) is 5.75 Å². The van der Waals surface area contributed by atoms with Gasteiger partial charge in [-0.05, 0) is 43.5 Å². The van der Waals surface area contributed by atoms with Gasteiger partial charge < -0.3 is 14.8 Å². The Morgan fingerprint density at radius 1 is 1.10 bits per heavy atom. The number of nitrogens with one attached hydrogen (secondary N) is 1. The molecule has 0 aliphatic carbocycles. The Morgan fingerprint density at radius 2 is 1.87 bits per heavy atom. The third-order valence-corrected chi connectivity index (χ3v) is 5.18. The van der Waals surface area contributed by atoms with Crippen molar-refractivity contribution in [1.29, 1.82) is 0 Å². The van der Waals surface area contributed by atoms with Crippen LogP contribution >= 0.6 is 0 Å². The van der Waals surface area contributed by atoms with Crippen molar-refractivity contribution in [2.45, 2.75) is 45.6 Å². The van der Waals surface area contributed by atoms with Gasteiger partial charge in [-0.25, -0.2) is 4.79 Å². The molecule has 0 saturated carbocycles. The van der Waals surface area contributed by atoms with Gasteiger partial charge in [-0.1, -0.05) is 50.1 Å². The van der Waals surface area contributed by atoms with Crippen molar-refractivity contribution in [3.05, 3.63) is 65.2 Å². The molecule has 1 saturated heterocycles. The molecular formula is C24H27NO5. The summed E-state index contributed by atoms with van der Waals surface area (Å²) in [6.07, 6.45) is 2.42. The molecule has 0 bridgehead atoms. The predicted molar refractivity (Wildman–Crippen MR) is 112 cm³/mol. The van der Waals surface area contributed by atoms with E-state index in [0.717, 1.165) is 24.8 Å². The lowest BCUT2D eigenvalue weighted by Crippen LogP contribution is -2.40. The molecule has 2 atom stereocenters. The lowest BCUT2D eigenvalue weighted by Gasteiger charge is -2.36. The second-order valence-electron chi connectivity index (χ2n) is 7.48. The summed E-state index contributed by atoms with van der Waals surface area (Å²) in [7, 11) is 0. The van der Waals surface area contributed by atoms with Crippen LogP contribution in [0.25, 0.3) is 0 Å². The third kappa shape index (κ3) is 5.26. The van der Waals surface area contributed by atoms with E-state index in [0.29, 0.717) is 29.8 Å². The maximum absolute atomic E-state index is 12.1. The Hall–Kier alpha value is -3.15. The Morgan fingerprint density at radius 3 is 2.53 bits per heavy atom. The molecule has 0 spiro atoms. The van der Waals surface area contributed by atoms with Crippen LogP contribution in [0.1, 0.15) is 60.7 Å². The van der Waals surface area contributed by atoms with Crippen LogP contribution in [-0.2, 0) is 16.0 Å². The minimum Gasteiger partial charge on any atom is -0.456 e. The highest BCUT2D eigenvalue weighted by Gasteiger charge is 2.44. The number of carbonyl (C=O) groups is 3. The molecular weight excluding hydrogens is 382 g/mol. The van der Waals surface area contributed by atoms with Gasteiger partial charge in [-0.2, -0.15) is 0 Å². The molecule has 1 amide bonds. The van der Waals surface area contributed by atoms with Crippen LogP contribution in [-0.4, -0.2) is 24.4 Å². The minimum atomic E-state index is -0.548. The molecule has 1 N–H and O–H groups in total. The van der Waals surface area contributed by atoms with Crippen LogP contribution in [0.2, 0.25) is 0 Å². The average Bonchev–Trinajstić information content (AvgIpc) is 2.74. The lowest BCUT2D eigenvalue weighted by molar-refractivity contribution is -0.185. The molecule has 1 aliphatic rings. The van der Waals surface area contributed by atoms with E-state index in [-0.39, 0.29) is 17.7 Å². The Bertz CT molecular complexity index is 909. The van der Waals surface area contributed by atoms with E-state index < -0.39 is 12.2 Å². The number of ether oxygens (including phenoxy) is 2. The van der Waals surface area contributed by atoms with Crippen LogP contribution in [0, 0.1) is 5.92 Å². The second-order valence-corrected chi connectivity index (χ2v) is 7.48. The highest BCUT2D eigenvalue weighted by atomic mass is 16.6. The molecule has 158 valence electrons. The molecule has 30 heavy (non-hydrogen) atoms. The van der Waals surface area contributed by atoms with Crippen molar-refractivity contribution in [1.82, 2.24) is 5.32 Å². The topological polar surface area (TPSA) is 81.7 Å². The van der Waals surface area contributed by atoms with Gasteiger partial charge in [0.15, 0.2) is 5.78 Å². The smallest absolute Gasteiger partial charge is 0.412 e. The molecule has 0 radical (unpaired) electrons. The number of hydrogen-bond donors (Lipinski definition) is 1. The van der Waals surface area contributed by atoms with Crippen molar-refractivity contribution in [2.24, 2.45) is 5.92 Å². The quantitative estimate of drug-likeness (QED) is 0.371. The second kappa shape index (κ2) is 10.1. The zero-order valence-corrected chi connectivity index (χ0v) is 17.4. The summed E-state index contributed by atoms with van der Waals surface area (Å²) in [6, 6.07) is 14.5. The van der Waals surface area contributed by atoms with Gasteiger partial charge in [0.1, 0.15) is 17.8 Å². The third-order valence-electron chi connectivity index (χ3n) is 5.18. The van der Waals surface area contributed by atoms with E-state index in [4.69, 9.17) is 9.47 Å². The number of cyclic esters (lactones) is 1. The van der Waals surface area contributed by atoms with Crippen LogP contribution in [0.3, 0.4) is 0 Å². The van der Waals surface area contributed by atoms with Crippen molar-refractivity contribution in [2.75, 3.05) is 6.54 Å². The number of ketones is 1. The molecule has 1 aliphatic heterocycles. The standard InChI is InChI=1S/C24H27NO5/c1-3-4-8-13-25-24(28)29-18-11-12-19(16(2)26)20(15-18)22-21(23(27)30-22)14-17-9-6-5-7-10-17/h5-7,9-12,15,21-22H,3-4,8,13-14H2,1-2H3,(H,25,28)/t21-,22-/m1/s1. The monoisotopic (exact) mass is 409 g/mol. The summed E-state index contributed by atoms with van der Waals surface area (Å²) in [5.74, 6) is -0.506. The zero-order chi connectivity index (χ0) is 21.5. The fourth-order valence-corrected chi connectivity index (χ4v) is 3.55. The highest BCUT2D eigenvalue weighted by molar-refractivity contribution is 5.96. The molecule has 1 fully saturated rings. The normalized spacial score (nSPS) is 17.6. The molecule has 2 aromatic rings. The van der Waals surface area contributed by atoms with Gasteiger partial charge in [-0.3, -0.25) is 9.59 Å². The summed E-state index contributed by atoms with van der Waals surface area (Å²) in [4.78, 5) is 36.3. The first-order valence-electron chi connectivity index (χ1n) is 10.3. The summed E-state index contributed by atoms with van der Waals surface area (Å²) in [5, 5.41) is 2.72. The zero-order valence-electron chi connectivity index (χ0n) is 17.4. The largest absolute Gasteiger partial charge is 0.456 e. The van der Waals surface area contributed by atoms with Crippen molar-refractivity contribution in [3.8, 4) is 5.75 Å². The SMILES string of the molecule is CCCCCNC(=O)Oc1ccc(C(C)=O)c([C@H]2OC(=O)[C@@H]2Cc2ccccc2)c1. The molecule has 3 rings (SSSR count). The lowest BCUT2D eigenvalue weighted by atomic mass is 9.83. The maximum atomic E-state index is 12.1. The van der Waals surface area contributed by atoms with Gasteiger partial charge in [0, 0.05) is 17.7 Å². The molecule has 6 heteroatoms. The first-order chi connectivity index (χ1) is 14.5. The predicted octanol–water partition coefficient (Wildman–Crippen LogP) is 4.62. The van der Waals surface area contributed by atoms with Gasteiger partial charge in [0.05, 0.1) is 0 Å². The van der Waals surface area contributed by atoms with E-state index in [1.807, 2.05) is 30.3 Å². The number of Topliss-reactive ketones (excluding diaryl/α,β-unsaturated/α-hetero) is 1. The summed E-state index contributed by atoms with van der Waals surface area (Å²) < 4.78 is 10.8. The van der Waals surface area contributed by atoms with Crippen LogP contribution in [0.4, 0.5) is 4.79 Å². The number of hydrogen-bond acceptors (Lipinski definition) is 5. The van der Waals surface area contributed by atoms with E-state index in [2.05, 4.69) is 12.2 Å². The van der Waals surface area contributed by atoms with Crippen molar-refractivity contribution in [3.63, 3.8) is 0 Å². The fraction of sp³-hybridized carbons (Fsp3) is 0.375. The van der Waals surface area contributed by atoms with Gasteiger partial charge >= 0.3 is 12.1 Å². The molecule has 1 heterocycles. The van der Waals surface area contributed by atoms with Gasteiger partial charge in [0.25, 0.3) is 0 Å². The van der Waals surface area contributed by atoms with E-state index in [9.17, 15) is 14.4 Å². The first-order valence-corrected chi connectivity index (χ1v) is 10.3. The van der Waals surface area contributed by atoms with E-state index >= 15 is 0 Å². The Balaban J connectivity index is 1.75. The number of rotatable bonds is 9. The van der Waals surface area contributed by atoms with Crippen LogP contribution in [0.15, 0.2) is 48.5 Å². The molecule has 2 aromatic carbocycles. The van der Waals surface area contributed by atoms with E-state index in [1.54, 1.807) is 18.2 Å². The maximum Gasteiger partial charge on any atom is 0.412 e. The Kier molecular flexibility index (Phi) is 7.22. The van der Waals surface area contributed by atoms with Crippen molar-refractivity contribution < 1.29 is 23.9 Å². The number of unbranched alkanes of at least 4 members (excludes halogenated alkanes) is 2. The van der Waals surface area contributed by atoms with Crippen LogP contribution < -0.4 is 10.1 Å². The fourth-order valence-electron chi connectivity index (χ4n) is 3.55. The van der Waals surface area contributed by atoms with Gasteiger partial charge in [-0.15, -0.1) is 0 Å². The highest BCUT2D eigenvalue weighted by Crippen LogP contribution is 2.41. The summed E-state index contributed by atoms with van der Waals surface area (Å²) in [6.45, 7) is 4.10. The van der Waals surface area contributed by atoms with Crippen molar-refractivity contribution >= 4 is 17.8 Å². The van der Waals surface area contributed by atoms with E-state index in [1.165, 1.54) is 6.92 Å². The molecule has 0 aromatic heterocycles. The molecule has 0 unspecified atom stereocenters. The number of benzene rings is 2. The summed E-state index contributed by atoms with van der Waals surface area (Å²) in [5.41, 5.74) is 2.05. The number of esters is 1. The first kappa shape index (κ1) is 21.6. The average molecular weight is 409 g/mol.